The second kappa shape index (κ2) is 6.14. The van der Waals surface area contributed by atoms with Gasteiger partial charge in [-0.1, -0.05) is 12.8 Å². The molecule has 0 bridgehead atoms. The molecule has 0 aliphatic carbocycles. The number of nitrogens with zero attached hydrogens (tertiary/aromatic N) is 1. The molecule has 2 N–H and O–H groups in total. The maximum Gasteiger partial charge on any atom is 0.235 e. The van der Waals surface area contributed by atoms with Crippen LogP contribution in [-0.4, -0.2) is 28.4 Å². The van der Waals surface area contributed by atoms with Crippen molar-refractivity contribution in [3.63, 3.8) is 0 Å². The Bertz CT molecular complexity index is 196. The second-order valence-corrected chi connectivity index (χ2v) is 5.09. The van der Waals surface area contributed by atoms with Gasteiger partial charge in [0.05, 0.1) is 6.61 Å². The lowest BCUT2D eigenvalue weighted by molar-refractivity contribution is -0.122. The van der Waals surface area contributed by atoms with E-state index in [0.717, 1.165) is 0 Å². The molecule has 0 fully saturated rings. The molecule has 0 aromatic carbocycles. The number of carbonyl (C=O) groups excluding carboxylic acids is 1. The summed E-state index contributed by atoms with van der Waals surface area (Å²) in [5.41, 5.74) is 5.09. The quantitative estimate of drug-likeness (QED) is 0.593. The monoisotopic (exact) mass is 332 g/mol. The van der Waals surface area contributed by atoms with Crippen molar-refractivity contribution < 1.29 is 7.86 Å². The van der Waals surface area contributed by atoms with E-state index in [9.17, 15) is 4.79 Å². The van der Waals surface area contributed by atoms with Crippen LogP contribution in [0.5, 0.6) is 0 Å². The first-order chi connectivity index (χ1) is 6.30. The van der Waals surface area contributed by atoms with Crippen molar-refractivity contribution in [3.05, 3.63) is 0 Å². The van der Waals surface area contributed by atoms with E-state index in [2.05, 4.69) is 12.8 Å². The number of amides is 1. The lowest BCUT2D eigenvalue weighted by Crippen LogP contribution is -2.48. The first-order valence-electron chi connectivity index (χ1n) is 4.31. The standard InChI is InChI=1S/C8H17IN2O2S/c1-8(2,3)11(14)6(7(10)12)4-5-13-9/h6,14H,4-5H2,1-3H3,(H2,10,12)/t6-/m1/s1. The molecule has 4 nitrogen and oxygen atoms in total. The Morgan fingerprint density at radius 1 is 1.64 bits per heavy atom. The third-order valence-corrected chi connectivity index (χ3v) is 3.10. The Labute approximate surface area is 105 Å². The molecule has 14 heavy (non-hydrogen) atoms. The number of primary amides is 1. The average molecular weight is 332 g/mol. The summed E-state index contributed by atoms with van der Waals surface area (Å²) < 4.78 is 6.56. The molecular weight excluding hydrogens is 315 g/mol. The van der Waals surface area contributed by atoms with Crippen LogP contribution >= 0.6 is 35.8 Å². The molecule has 0 radical (unpaired) electrons. The average Bonchev–Trinajstić information content (AvgIpc) is 2.02. The summed E-state index contributed by atoms with van der Waals surface area (Å²) in [4.78, 5) is 11.2. The number of hydrogen-bond acceptors (Lipinski definition) is 4. The minimum atomic E-state index is -0.395. The van der Waals surface area contributed by atoms with Crippen molar-refractivity contribution in [2.75, 3.05) is 6.61 Å². The number of halogens is 1. The van der Waals surface area contributed by atoms with Crippen LogP contribution in [-0.2, 0) is 7.86 Å². The smallest absolute Gasteiger partial charge is 0.235 e. The zero-order valence-electron chi connectivity index (χ0n) is 8.66. The molecule has 1 amide bonds. The zero-order valence-corrected chi connectivity index (χ0v) is 11.7. The second-order valence-electron chi connectivity index (χ2n) is 4.04. The Morgan fingerprint density at radius 3 is 2.43 bits per heavy atom. The predicted octanol–water partition coefficient (Wildman–Crippen LogP) is 1.54. The van der Waals surface area contributed by atoms with Crippen molar-refractivity contribution in [2.45, 2.75) is 38.8 Å². The molecule has 6 heteroatoms. The molecule has 84 valence electrons. The van der Waals surface area contributed by atoms with E-state index in [1.165, 1.54) is 0 Å². The molecule has 0 spiro atoms. The Balaban J connectivity index is 4.41. The molecule has 0 unspecified atom stereocenters. The van der Waals surface area contributed by atoms with Crippen molar-refractivity contribution in [3.8, 4) is 0 Å². The summed E-state index contributed by atoms with van der Waals surface area (Å²) in [6, 6.07) is -0.395. The maximum atomic E-state index is 11.2. The highest BCUT2D eigenvalue weighted by molar-refractivity contribution is 14.1. The van der Waals surface area contributed by atoms with Crippen LogP contribution in [0.1, 0.15) is 27.2 Å². The van der Waals surface area contributed by atoms with Crippen LogP contribution in [0.2, 0.25) is 0 Å². The molecule has 0 aliphatic heterocycles. The number of hydrogen-bond donors (Lipinski definition) is 2. The SMILES string of the molecule is CC(C)(C)N(S)[C@H](CCOI)C(N)=O. The molecule has 0 saturated carbocycles. The molecule has 1 atom stereocenters. The fourth-order valence-electron chi connectivity index (χ4n) is 1.01. The van der Waals surface area contributed by atoms with E-state index < -0.39 is 6.04 Å². The molecule has 0 rings (SSSR count). The third kappa shape index (κ3) is 4.81. The van der Waals surface area contributed by atoms with Gasteiger partial charge in [0, 0.05) is 5.54 Å². The fourth-order valence-corrected chi connectivity index (χ4v) is 1.49. The number of rotatable bonds is 5. The predicted molar refractivity (Wildman–Crippen MR) is 68.1 cm³/mol. The van der Waals surface area contributed by atoms with E-state index in [1.807, 2.05) is 20.8 Å². The largest absolute Gasteiger partial charge is 0.368 e. The summed E-state index contributed by atoms with van der Waals surface area (Å²) in [6.45, 7) is 6.41. The van der Waals surface area contributed by atoms with E-state index >= 15 is 0 Å². The first kappa shape index (κ1) is 14.5. The Hall–Kier alpha value is 0.470. The molecule has 0 heterocycles. The van der Waals surface area contributed by atoms with Gasteiger partial charge in [-0.15, -0.1) is 0 Å². The van der Waals surface area contributed by atoms with Crippen molar-refractivity contribution >= 4 is 41.7 Å². The summed E-state index contributed by atoms with van der Waals surface area (Å²) in [5, 5.41) is 0. The van der Waals surface area contributed by atoms with Gasteiger partial charge in [0.1, 0.15) is 29.0 Å². The van der Waals surface area contributed by atoms with Crippen molar-refractivity contribution in [1.82, 2.24) is 4.31 Å². The number of nitrogens with two attached hydrogens (primary N) is 1. The third-order valence-electron chi connectivity index (χ3n) is 1.78. The summed E-state index contributed by atoms with van der Waals surface area (Å²) >= 11 is 6.09. The Kier molecular flexibility index (Phi) is 6.35. The Morgan fingerprint density at radius 2 is 2.14 bits per heavy atom. The van der Waals surface area contributed by atoms with Crippen LogP contribution in [0.3, 0.4) is 0 Å². The molecule has 0 aromatic heterocycles. The van der Waals surface area contributed by atoms with Gasteiger partial charge >= 0.3 is 0 Å². The zero-order chi connectivity index (χ0) is 11.4. The van der Waals surface area contributed by atoms with Gasteiger partial charge in [0.25, 0.3) is 0 Å². The first-order valence-corrected chi connectivity index (χ1v) is 5.60. The van der Waals surface area contributed by atoms with Crippen LogP contribution in [0.25, 0.3) is 0 Å². The van der Waals surface area contributed by atoms with Gasteiger partial charge in [0.2, 0.25) is 5.91 Å². The van der Waals surface area contributed by atoms with Gasteiger partial charge in [-0.05, 0) is 27.2 Å². The summed E-state index contributed by atoms with van der Waals surface area (Å²) in [6.07, 6.45) is 0.555. The topological polar surface area (TPSA) is 55.6 Å². The van der Waals surface area contributed by atoms with Crippen LogP contribution in [0.15, 0.2) is 0 Å². The number of carbonyl (C=O) groups is 1. The van der Waals surface area contributed by atoms with Gasteiger partial charge in [0.15, 0.2) is 0 Å². The molecule has 0 aromatic rings. The van der Waals surface area contributed by atoms with Gasteiger partial charge in [-0.3, -0.25) is 4.79 Å². The minimum absolute atomic E-state index is 0.200. The highest BCUT2D eigenvalue weighted by Gasteiger charge is 2.29. The van der Waals surface area contributed by atoms with E-state index in [4.69, 9.17) is 8.80 Å². The van der Waals surface area contributed by atoms with Crippen molar-refractivity contribution in [1.29, 1.82) is 0 Å². The number of thiol groups is 1. The lowest BCUT2D eigenvalue weighted by Gasteiger charge is -2.35. The maximum absolute atomic E-state index is 11.2. The summed E-state index contributed by atoms with van der Waals surface area (Å²) in [5.74, 6) is -0.372. The van der Waals surface area contributed by atoms with Crippen LogP contribution < -0.4 is 5.73 Å². The lowest BCUT2D eigenvalue weighted by atomic mass is 10.1. The normalized spacial score (nSPS) is 14.4. The highest BCUT2D eigenvalue weighted by Crippen LogP contribution is 2.21. The minimum Gasteiger partial charge on any atom is -0.368 e. The van der Waals surface area contributed by atoms with E-state index in [0.29, 0.717) is 13.0 Å². The highest BCUT2D eigenvalue weighted by atomic mass is 127. The fraction of sp³-hybridized carbons (Fsp3) is 0.875. The van der Waals surface area contributed by atoms with Crippen LogP contribution in [0.4, 0.5) is 0 Å². The van der Waals surface area contributed by atoms with Crippen LogP contribution in [0, 0.1) is 0 Å². The van der Waals surface area contributed by atoms with Gasteiger partial charge in [-0.25, -0.2) is 4.31 Å². The van der Waals surface area contributed by atoms with E-state index in [-0.39, 0.29) is 11.4 Å². The van der Waals surface area contributed by atoms with Gasteiger partial charge < -0.3 is 8.80 Å². The van der Waals surface area contributed by atoms with Crippen molar-refractivity contribution in [2.24, 2.45) is 5.73 Å². The molecule has 0 saturated heterocycles. The van der Waals surface area contributed by atoms with Gasteiger partial charge in [-0.2, -0.15) is 0 Å². The summed E-state index contributed by atoms with van der Waals surface area (Å²) in [7, 11) is 0. The van der Waals surface area contributed by atoms with E-state index in [1.54, 1.807) is 27.3 Å². The molecular formula is C8H17IN2O2S. The molecule has 0 aliphatic rings.